The SMILES string of the molecule is Cc1ccnc(N2CCN(C(=O)COc3ccc4cc3CCc3cncc(c3)Nc3ncc(Cl)c(n3)N4)CC2)c1.O=C(O)C(F)(F)F.O=C(O)C(F)(F)F.O=C(O)C(F)(F)F. The molecule has 4 aromatic rings. The van der Waals surface area contributed by atoms with Crippen molar-refractivity contribution in [2.45, 2.75) is 38.3 Å². The first-order valence-corrected chi connectivity index (χ1v) is 17.3. The van der Waals surface area contributed by atoms with Gasteiger partial charge in [-0.2, -0.15) is 44.5 Å². The highest BCUT2D eigenvalue weighted by Gasteiger charge is 2.39. The van der Waals surface area contributed by atoms with Gasteiger partial charge in [0.15, 0.2) is 12.4 Å². The number of halogens is 10. The Kier molecular flexibility index (Phi) is 16.8. The number of anilines is 5. The lowest BCUT2D eigenvalue weighted by atomic mass is 10.0. The van der Waals surface area contributed by atoms with Crippen molar-refractivity contribution >= 4 is 64.4 Å². The van der Waals surface area contributed by atoms with E-state index in [1.165, 1.54) is 5.56 Å². The van der Waals surface area contributed by atoms with Gasteiger partial charge in [-0.3, -0.25) is 9.78 Å². The van der Waals surface area contributed by atoms with Crippen molar-refractivity contribution in [2.24, 2.45) is 0 Å². The number of carboxylic acid groups (broad SMARTS) is 3. The molecule has 2 aliphatic heterocycles. The van der Waals surface area contributed by atoms with Gasteiger partial charge in [0.25, 0.3) is 5.91 Å². The number of nitrogens with one attached hydrogen (secondary N) is 2. The predicted molar refractivity (Wildman–Crippen MR) is 196 cm³/mol. The van der Waals surface area contributed by atoms with E-state index in [0.717, 1.165) is 47.8 Å². The number of benzene rings is 1. The van der Waals surface area contributed by atoms with E-state index < -0.39 is 36.4 Å². The zero-order chi connectivity index (χ0) is 45.7. The smallest absolute Gasteiger partial charge is 0.483 e. The number of hydrogen-bond donors (Lipinski definition) is 5. The molecule has 0 unspecified atom stereocenters. The van der Waals surface area contributed by atoms with Crippen molar-refractivity contribution < 1.29 is 78.7 Å². The molecule has 330 valence electrons. The van der Waals surface area contributed by atoms with Gasteiger partial charge >= 0.3 is 36.4 Å². The highest BCUT2D eigenvalue weighted by atomic mass is 35.5. The molecule has 0 spiro atoms. The van der Waals surface area contributed by atoms with Gasteiger partial charge in [-0.25, -0.2) is 24.4 Å². The van der Waals surface area contributed by atoms with E-state index >= 15 is 0 Å². The Balaban J connectivity index is 0.000000390. The van der Waals surface area contributed by atoms with E-state index in [0.29, 0.717) is 42.0 Å². The molecule has 5 heterocycles. The Morgan fingerprint density at radius 3 is 1.90 bits per heavy atom. The van der Waals surface area contributed by atoms with Gasteiger partial charge in [-0.1, -0.05) is 11.6 Å². The quantitative estimate of drug-likeness (QED) is 0.139. The van der Waals surface area contributed by atoms with Crippen LogP contribution in [-0.4, -0.2) is 115 Å². The summed E-state index contributed by atoms with van der Waals surface area (Å²) < 4.78 is 101. The van der Waals surface area contributed by atoms with Crippen LogP contribution >= 0.6 is 11.6 Å². The first kappa shape index (κ1) is 48.7. The number of aromatic nitrogens is 4. The fraction of sp³-hybridized carbons (Fsp3) is 0.314. The summed E-state index contributed by atoms with van der Waals surface area (Å²) in [6.45, 7) is 4.78. The maximum atomic E-state index is 13.1. The van der Waals surface area contributed by atoms with Gasteiger partial charge in [0, 0.05) is 44.3 Å². The monoisotopic (exact) mass is 898 g/mol. The second kappa shape index (κ2) is 21.0. The lowest BCUT2D eigenvalue weighted by molar-refractivity contribution is -0.193. The van der Waals surface area contributed by atoms with E-state index in [-0.39, 0.29) is 12.5 Å². The molecule has 0 radical (unpaired) electrons. The minimum Gasteiger partial charge on any atom is -0.483 e. The number of hydrogen-bond acceptors (Lipinski definition) is 12. The van der Waals surface area contributed by atoms with Crippen LogP contribution in [0.25, 0.3) is 0 Å². The van der Waals surface area contributed by atoms with Crippen molar-refractivity contribution in [3.8, 4) is 5.75 Å². The van der Waals surface area contributed by atoms with Gasteiger partial charge in [-0.15, -0.1) is 0 Å². The maximum absolute atomic E-state index is 13.1. The Bertz CT molecular complexity index is 2110. The van der Waals surface area contributed by atoms with Crippen LogP contribution in [-0.2, 0) is 32.0 Å². The number of amides is 1. The molecule has 1 amide bonds. The van der Waals surface area contributed by atoms with Crippen LogP contribution in [0.1, 0.15) is 16.7 Å². The fourth-order valence-electron chi connectivity index (χ4n) is 4.85. The van der Waals surface area contributed by atoms with E-state index in [1.54, 1.807) is 12.4 Å². The van der Waals surface area contributed by atoms with Gasteiger partial charge in [0.1, 0.15) is 16.6 Å². The number of piperazine rings is 1. The summed E-state index contributed by atoms with van der Waals surface area (Å²) >= 11 is 6.37. The van der Waals surface area contributed by atoms with Crippen LogP contribution in [0.3, 0.4) is 0 Å². The average molecular weight is 899 g/mol. The Labute approximate surface area is 343 Å². The fourth-order valence-corrected chi connectivity index (χ4v) is 4.99. The van der Waals surface area contributed by atoms with Gasteiger partial charge in [0.05, 0.1) is 18.1 Å². The number of aliphatic carboxylic acids is 3. The topological polar surface area (TPSA) is 220 Å². The Morgan fingerprint density at radius 1 is 0.754 bits per heavy atom. The Hall–Kier alpha value is -6.66. The molecule has 6 rings (SSSR count). The minimum absolute atomic E-state index is 0.0233. The standard InChI is InChI=1S/C29H29ClN8O2.3C2HF3O2/c1-19-6-7-32-26(12-19)37-8-10-38(11-9-37)27(39)18-40-25-5-4-22-14-21(25)3-2-20-13-23(16-31-15-20)35-29-33-17-24(30)28(34-22)36-29;3*3-2(4,5)1(6)7/h4-7,12-17H,2-3,8-11,18H2,1H3,(H2,33,34,35,36);3*(H,6,7). The number of rotatable bonds is 4. The number of carboxylic acids is 3. The Morgan fingerprint density at radius 2 is 1.34 bits per heavy atom. The molecule has 0 atom stereocenters. The van der Waals surface area contributed by atoms with Crippen LogP contribution < -0.4 is 20.3 Å². The summed E-state index contributed by atoms with van der Waals surface area (Å²) in [5.41, 5.74) is 4.80. The maximum Gasteiger partial charge on any atom is 0.490 e. The van der Waals surface area contributed by atoms with E-state index in [2.05, 4.69) is 48.5 Å². The molecule has 0 saturated carbocycles. The van der Waals surface area contributed by atoms with Crippen molar-refractivity contribution in [3.63, 3.8) is 0 Å². The van der Waals surface area contributed by atoms with E-state index in [9.17, 15) is 44.3 Å². The van der Waals surface area contributed by atoms with Crippen LogP contribution in [0.4, 0.5) is 68.5 Å². The second-order valence-corrected chi connectivity index (χ2v) is 12.7. The highest BCUT2D eigenvalue weighted by Crippen LogP contribution is 2.30. The number of nitrogens with zero attached hydrogens (tertiary/aromatic N) is 6. The zero-order valence-electron chi connectivity index (χ0n) is 31.1. The third-order valence-corrected chi connectivity index (χ3v) is 8.01. The highest BCUT2D eigenvalue weighted by molar-refractivity contribution is 6.32. The second-order valence-electron chi connectivity index (χ2n) is 12.3. The summed E-state index contributed by atoms with van der Waals surface area (Å²) in [6, 6.07) is 11.9. The van der Waals surface area contributed by atoms with Crippen molar-refractivity contribution in [1.29, 1.82) is 0 Å². The molecule has 16 nitrogen and oxygen atoms in total. The number of carbonyl (C=O) groups is 4. The minimum atomic E-state index is -5.08. The third kappa shape index (κ3) is 16.1. The van der Waals surface area contributed by atoms with Crippen molar-refractivity contribution in [2.75, 3.05) is 48.3 Å². The zero-order valence-corrected chi connectivity index (χ0v) is 31.8. The largest absolute Gasteiger partial charge is 0.490 e. The molecule has 1 fully saturated rings. The van der Waals surface area contributed by atoms with E-state index in [4.69, 9.17) is 46.0 Å². The summed E-state index contributed by atoms with van der Waals surface area (Å²) in [5, 5.41) is 28.2. The summed E-state index contributed by atoms with van der Waals surface area (Å²) in [6.07, 6.45) is -6.86. The average Bonchev–Trinajstić information content (AvgIpc) is 3.18. The van der Waals surface area contributed by atoms with Crippen LogP contribution in [0.5, 0.6) is 5.75 Å². The van der Waals surface area contributed by atoms with E-state index in [1.807, 2.05) is 47.6 Å². The molecule has 5 N–H and O–H groups in total. The number of aryl methyl sites for hydroxylation is 3. The number of pyridine rings is 2. The number of alkyl halides is 9. The molecular weight excluding hydrogens is 867 g/mol. The normalized spacial score (nSPS) is 13.5. The number of ether oxygens (including phenoxy) is 1. The molecular formula is C35H32ClF9N8O8. The lowest BCUT2D eigenvalue weighted by Gasteiger charge is -2.35. The molecule has 6 bridgehead atoms. The molecule has 1 aromatic carbocycles. The van der Waals surface area contributed by atoms with Gasteiger partial charge in [-0.05, 0) is 72.9 Å². The third-order valence-electron chi connectivity index (χ3n) is 7.74. The first-order chi connectivity index (χ1) is 28.3. The molecule has 26 heteroatoms. The van der Waals surface area contributed by atoms with Crippen molar-refractivity contribution in [1.82, 2.24) is 24.8 Å². The van der Waals surface area contributed by atoms with Crippen LogP contribution in [0, 0.1) is 6.92 Å². The lowest BCUT2D eigenvalue weighted by Crippen LogP contribution is -2.50. The van der Waals surface area contributed by atoms with Crippen molar-refractivity contribution in [3.05, 3.63) is 82.9 Å². The summed E-state index contributed by atoms with van der Waals surface area (Å²) in [5.74, 6) is -5.77. The molecule has 0 aliphatic carbocycles. The first-order valence-electron chi connectivity index (χ1n) is 17.0. The summed E-state index contributed by atoms with van der Waals surface area (Å²) in [4.78, 5) is 61.5. The van der Waals surface area contributed by atoms with Gasteiger partial charge < -0.3 is 40.5 Å². The molecule has 61 heavy (non-hydrogen) atoms. The number of carbonyl (C=O) groups excluding carboxylic acids is 1. The number of fused-ring (bicyclic) bond motifs is 6. The van der Waals surface area contributed by atoms with Gasteiger partial charge in [0.2, 0.25) is 5.95 Å². The summed E-state index contributed by atoms with van der Waals surface area (Å²) in [7, 11) is 0. The molecule has 2 aliphatic rings. The van der Waals surface area contributed by atoms with Crippen LogP contribution in [0.15, 0.2) is 61.2 Å². The molecule has 3 aromatic heterocycles. The molecule has 1 saturated heterocycles. The predicted octanol–water partition coefficient (Wildman–Crippen LogP) is 6.44. The van der Waals surface area contributed by atoms with Crippen LogP contribution in [0.2, 0.25) is 5.02 Å².